The van der Waals surface area contributed by atoms with Gasteiger partial charge in [-0.3, -0.25) is 4.79 Å². The highest BCUT2D eigenvalue weighted by atomic mass is 19.1. The number of nitriles is 1. The van der Waals surface area contributed by atoms with Crippen LogP contribution in [0.25, 0.3) is 16.8 Å². The van der Waals surface area contributed by atoms with Gasteiger partial charge in [0.05, 0.1) is 6.10 Å². The second kappa shape index (κ2) is 8.36. The Morgan fingerprint density at radius 3 is 2.50 bits per heavy atom. The first-order chi connectivity index (χ1) is 13.5. The summed E-state index contributed by atoms with van der Waals surface area (Å²) < 4.78 is 18.9. The second-order valence-corrected chi connectivity index (χ2v) is 6.50. The number of benzene rings is 3. The van der Waals surface area contributed by atoms with Crippen molar-refractivity contribution in [2.24, 2.45) is 0 Å². The quantitative estimate of drug-likeness (QED) is 0.486. The van der Waals surface area contributed by atoms with Crippen molar-refractivity contribution in [3.63, 3.8) is 0 Å². The third-order valence-electron chi connectivity index (χ3n) is 4.05. The largest absolute Gasteiger partial charge is 0.490 e. The lowest BCUT2D eigenvalue weighted by Crippen LogP contribution is -2.13. The molecule has 3 aromatic rings. The standard InChI is InChI=1S/C23H19FN2O2/c1-15(2)28-22-12-7-16-5-3-4-6-20(16)21(22)13-17(14-25)23(27)26-19-10-8-18(24)9-11-19/h3-13,15H,1-2H3,(H,26,27)/b17-13+. The molecule has 1 N–H and O–H groups in total. The minimum atomic E-state index is -0.572. The summed E-state index contributed by atoms with van der Waals surface area (Å²) in [4.78, 5) is 12.6. The van der Waals surface area contributed by atoms with Gasteiger partial charge in [0.25, 0.3) is 5.91 Å². The van der Waals surface area contributed by atoms with E-state index in [2.05, 4.69) is 5.32 Å². The molecule has 0 spiro atoms. The molecule has 0 radical (unpaired) electrons. The summed E-state index contributed by atoms with van der Waals surface area (Å²) in [5.74, 6) is -0.381. The molecule has 0 atom stereocenters. The molecule has 1 amide bonds. The van der Waals surface area contributed by atoms with Crippen LogP contribution < -0.4 is 10.1 Å². The fourth-order valence-electron chi connectivity index (χ4n) is 2.81. The highest BCUT2D eigenvalue weighted by Crippen LogP contribution is 2.31. The van der Waals surface area contributed by atoms with Crippen LogP contribution in [0.1, 0.15) is 19.4 Å². The van der Waals surface area contributed by atoms with Gasteiger partial charge in [0, 0.05) is 11.3 Å². The molecular weight excluding hydrogens is 355 g/mol. The number of nitrogens with zero attached hydrogens (tertiary/aromatic N) is 1. The van der Waals surface area contributed by atoms with E-state index in [0.29, 0.717) is 17.0 Å². The predicted octanol–water partition coefficient (Wildman–Crippen LogP) is 5.31. The van der Waals surface area contributed by atoms with Gasteiger partial charge in [0.2, 0.25) is 0 Å². The van der Waals surface area contributed by atoms with E-state index in [9.17, 15) is 14.4 Å². The third-order valence-corrected chi connectivity index (χ3v) is 4.05. The SMILES string of the molecule is CC(C)Oc1ccc2ccccc2c1/C=C(\C#N)C(=O)Nc1ccc(F)cc1. The molecule has 0 saturated heterocycles. The van der Waals surface area contributed by atoms with Crippen LogP contribution in [0.4, 0.5) is 10.1 Å². The number of hydrogen-bond acceptors (Lipinski definition) is 3. The molecule has 0 fully saturated rings. The molecule has 140 valence electrons. The van der Waals surface area contributed by atoms with E-state index < -0.39 is 11.7 Å². The summed E-state index contributed by atoms with van der Waals surface area (Å²) in [5.41, 5.74) is 0.996. The lowest BCUT2D eigenvalue weighted by atomic mass is 10.0. The number of halogens is 1. The van der Waals surface area contributed by atoms with E-state index in [4.69, 9.17) is 4.74 Å². The second-order valence-electron chi connectivity index (χ2n) is 6.50. The number of ether oxygens (including phenoxy) is 1. The van der Waals surface area contributed by atoms with E-state index in [1.807, 2.05) is 56.3 Å². The Morgan fingerprint density at radius 2 is 1.82 bits per heavy atom. The van der Waals surface area contributed by atoms with Gasteiger partial charge in [-0.1, -0.05) is 30.3 Å². The third kappa shape index (κ3) is 4.36. The summed E-state index contributed by atoms with van der Waals surface area (Å²) >= 11 is 0. The molecule has 0 bridgehead atoms. The summed E-state index contributed by atoms with van der Waals surface area (Å²) in [6.45, 7) is 3.82. The first-order valence-corrected chi connectivity index (χ1v) is 8.85. The number of amides is 1. The van der Waals surface area contributed by atoms with E-state index in [1.165, 1.54) is 30.3 Å². The molecule has 5 heteroatoms. The van der Waals surface area contributed by atoms with Crippen LogP contribution in [0.2, 0.25) is 0 Å². The van der Waals surface area contributed by atoms with Crippen molar-refractivity contribution in [1.29, 1.82) is 5.26 Å². The first kappa shape index (κ1) is 19.1. The fraction of sp³-hybridized carbons (Fsp3) is 0.130. The number of fused-ring (bicyclic) bond motifs is 1. The van der Waals surface area contributed by atoms with Gasteiger partial charge in [0.15, 0.2) is 0 Å². The summed E-state index contributed by atoms with van der Waals surface area (Å²) in [6.07, 6.45) is 1.46. The Hall–Kier alpha value is -3.65. The number of hydrogen-bond donors (Lipinski definition) is 1. The van der Waals surface area contributed by atoms with Crippen molar-refractivity contribution in [1.82, 2.24) is 0 Å². The molecule has 28 heavy (non-hydrogen) atoms. The maximum Gasteiger partial charge on any atom is 0.266 e. The van der Waals surface area contributed by atoms with Crippen molar-refractivity contribution < 1.29 is 13.9 Å². The Balaban J connectivity index is 2.03. The predicted molar refractivity (Wildman–Crippen MR) is 108 cm³/mol. The Labute approximate surface area is 162 Å². The highest BCUT2D eigenvalue weighted by molar-refractivity contribution is 6.11. The van der Waals surface area contributed by atoms with Crippen LogP contribution in [-0.4, -0.2) is 12.0 Å². The lowest BCUT2D eigenvalue weighted by molar-refractivity contribution is -0.112. The number of nitrogens with one attached hydrogen (secondary N) is 1. The maximum atomic E-state index is 13.0. The topological polar surface area (TPSA) is 62.1 Å². The van der Waals surface area contributed by atoms with Crippen molar-refractivity contribution in [3.8, 4) is 11.8 Å². The van der Waals surface area contributed by atoms with Gasteiger partial charge in [-0.15, -0.1) is 0 Å². The van der Waals surface area contributed by atoms with Gasteiger partial charge in [0.1, 0.15) is 23.2 Å². The zero-order chi connectivity index (χ0) is 20.1. The average molecular weight is 374 g/mol. The minimum Gasteiger partial charge on any atom is -0.490 e. The van der Waals surface area contributed by atoms with Crippen LogP contribution in [0.5, 0.6) is 5.75 Å². The zero-order valence-corrected chi connectivity index (χ0v) is 15.6. The Bertz CT molecular complexity index is 1080. The van der Waals surface area contributed by atoms with E-state index >= 15 is 0 Å². The van der Waals surface area contributed by atoms with Gasteiger partial charge in [-0.25, -0.2) is 4.39 Å². The molecule has 4 nitrogen and oxygen atoms in total. The van der Waals surface area contributed by atoms with Gasteiger partial charge in [-0.05, 0) is 61.0 Å². The fourth-order valence-corrected chi connectivity index (χ4v) is 2.81. The summed E-state index contributed by atoms with van der Waals surface area (Å²) in [5, 5.41) is 14.0. The molecule has 0 heterocycles. The van der Waals surface area contributed by atoms with Gasteiger partial charge in [-0.2, -0.15) is 5.26 Å². The highest BCUT2D eigenvalue weighted by Gasteiger charge is 2.14. The molecule has 0 unspecified atom stereocenters. The number of carbonyl (C=O) groups is 1. The van der Waals surface area contributed by atoms with Crippen LogP contribution >= 0.6 is 0 Å². The lowest BCUT2D eigenvalue weighted by Gasteiger charge is -2.15. The molecule has 0 aliphatic carbocycles. The molecule has 0 saturated carbocycles. The van der Waals surface area contributed by atoms with Crippen molar-refractivity contribution in [3.05, 3.63) is 77.6 Å². The van der Waals surface area contributed by atoms with Crippen molar-refractivity contribution in [2.45, 2.75) is 20.0 Å². The molecule has 3 aromatic carbocycles. The van der Waals surface area contributed by atoms with Crippen molar-refractivity contribution >= 4 is 28.4 Å². The van der Waals surface area contributed by atoms with Crippen molar-refractivity contribution in [2.75, 3.05) is 5.32 Å². The Kier molecular flexibility index (Phi) is 5.71. The van der Waals surface area contributed by atoms with Crippen LogP contribution in [0.3, 0.4) is 0 Å². The summed E-state index contributed by atoms with van der Waals surface area (Å²) in [7, 11) is 0. The summed E-state index contributed by atoms with van der Waals surface area (Å²) in [6, 6.07) is 18.8. The monoisotopic (exact) mass is 374 g/mol. The average Bonchev–Trinajstić information content (AvgIpc) is 2.68. The maximum absolute atomic E-state index is 13.0. The van der Waals surface area contributed by atoms with Gasteiger partial charge < -0.3 is 10.1 Å². The normalized spacial score (nSPS) is 11.3. The molecular formula is C23H19FN2O2. The molecule has 0 aromatic heterocycles. The smallest absolute Gasteiger partial charge is 0.266 e. The molecule has 0 aliphatic heterocycles. The van der Waals surface area contributed by atoms with Gasteiger partial charge >= 0.3 is 0 Å². The van der Waals surface area contributed by atoms with E-state index in [-0.39, 0.29) is 11.7 Å². The van der Waals surface area contributed by atoms with Crippen LogP contribution in [-0.2, 0) is 4.79 Å². The number of rotatable bonds is 5. The van der Waals surface area contributed by atoms with Crippen LogP contribution in [0, 0.1) is 17.1 Å². The molecule has 0 aliphatic rings. The van der Waals surface area contributed by atoms with Crippen LogP contribution in [0.15, 0.2) is 66.2 Å². The number of carbonyl (C=O) groups excluding carboxylic acids is 1. The minimum absolute atomic E-state index is 0.0631. The Morgan fingerprint density at radius 1 is 1.11 bits per heavy atom. The van der Waals surface area contributed by atoms with E-state index in [0.717, 1.165) is 10.8 Å². The number of anilines is 1. The van der Waals surface area contributed by atoms with E-state index in [1.54, 1.807) is 0 Å². The zero-order valence-electron chi connectivity index (χ0n) is 15.6. The molecule has 3 rings (SSSR count). The first-order valence-electron chi connectivity index (χ1n) is 8.85.